The second-order valence-electron chi connectivity index (χ2n) is 9.41. The molecular formula is C24H36N2O6. The Kier molecular flexibility index (Phi) is 7.41. The molecule has 2 bridgehead atoms. The van der Waals surface area contributed by atoms with E-state index in [1.807, 2.05) is 37.8 Å². The summed E-state index contributed by atoms with van der Waals surface area (Å²) in [5.41, 5.74) is 0.478. The van der Waals surface area contributed by atoms with Crippen LogP contribution in [-0.4, -0.2) is 73.9 Å². The number of carbonyl (C=O) groups is 2. The third-order valence-corrected chi connectivity index (χ3v) is 5.99. The Morgan fingerprint density at radius 1 is 1.06 bits per heavy atom. The molecule has 2 saturated heterocycles. The third-order valence-electron chi connectivity index (χ3n) is 5.99. The molecule has 0 saturated carbocycles. The standard InChI is InChI=1S/C24H36N2O6/c1-24(2,3)32-23(28)26-17-10-7-11-18(26)22(27)25(15-17)12-8-9-16-13-19(29-4)21(31-6)20(14-16)30-5/h13-14,17-18H,7-12,15H2,1-6H3. The van der Waals surface area contributed by atoms with E-state index < -0.39 is 11.6 Å². The number of aryl methyl sites for hydroxylation is 1. The molecule has 3 rings (SSSR count). The Bertz CT molecular complexity index is 809. The van der Waals surface area contributed by atoms with Crippen molar-refractivity contribution >= 4 is 12.0 Å². The molecule has 8 heteroatoms. The van der Waals surface area contributed by atoms with Gasteiger partial charge in [-0.1, -0.05) is 0 Å². The number of hydrogen-bond acceptors (Lipinski definition) is 6. The molecule has 2 unspecified atom stereocenters. The van der Waals surface area contributed by atoms with Crippen molar-refractivity contribution in [2.45, 2.75) is 70.6 Å². The molecule has 1 aromatic rings. The monoisotopic (exact) mass is 448 g/mol. The summed E-state index contributed by atoms with van der Waals surface area (Å²) in [4.78, 5) is 29.5. The van der Waals surface area contributed by atoms with E-state index in [2.05, 4.69) is 0 Å². The first-order valence-corrected chi connectivity index (χ1v) is 11.3. The van der Waals surface area contributed by atoms with Crippen LogP contribution >= 0.6 is 0 Å². The molecule has 2 fully saturated rings. The minimum absolute atomic E-state index is 0.0162. The van der Waals surface area contributed by atoms with Crippen LogP contribution in [-0.2, 0) is 16.0 Å². The number of hydrogen-bond donors (Lipinski definition) is 0. The maximum Gasteiger partial charge on any atom is 0.411 e. The van der Waals surface area contributed by atoms with Crippen molar-refractivity contribution in [1.29, 1.82) is 0 Å². The molecule has 2 atom stereocenters. The Hall–Kier alpha value is -2.64. The Balaban J connectivity index is 1.64. The van der Waals surface area contributed by atoms with Crippen molar-refractivity contribution in [3.63, 3.8) is 0 Å². The third kappa shape index (κ3) is 5.22. The summed E-state index contributed by atoms with van der Waals surface area (Å²) in [5, 5.41) is 0. The van der Waals surface area contributed by atoms with Crippen LogP contribution in [0.15, 0.2) is 12.1 Å². The number of rotatable bonds is 7. The quantitative estimate of drug-likeness (QED) is 0.634. The first-order chi connectivity index (χ1) is 15.2. The minimum atomic E-state index is -0.577. The molecule has 2 heterocycles. The zero-order valence-electron chi connectivity index (χ0n) is 20.1. The van der Waals surface area contributed by atoms with E-state index in [0.29, 0.717) is 36.8 Å². The highest BCUT2D eigenvalue weighted by atomic mass is 16.6. The number of likely N-dealkylation sites (tertiary alicyclic amines) is 1. The Morgan fingerprint density at radius 2 is 1.72 bits per heavy atom. The van der Waals surface area contributed by atoms with Gasteiger partial charge >= 0.3 is 6.09 Å². The van der Waals surface area contributed by atoms with E-state index in [-0.39, 0.29) is 18.0 Å². The van der Waals surface area contributed by atoms with Gasteiger partial charge in [0, 0.05) is 13.1 Å². The molecule has 32 heavy (non-hydrogen) atoms. The van der Waals surface area contributed by atoms with Crippen molar-refractivity contribution in [3.8, 4) is 17.2 Å². The summed E-state index contributed by atoms with van der Waals surface area (Å²) < 4.78 is 21.8. The Morgan fingerprint density at radius 3 is 2.28 bits per heavy atom. The summed E-state index contributed by atoms with van der Waals surface area (Å²) >= 11 is 0. The van der Waals surface area contributed by atoms with E-state index in [0.717, 1.165) is 31.2 Å². The molecular weight excluding hydrogens is 412 g/mol. The number of benzene rings is 1. The van der Waals surface area contributed by atoms with E-state index in [1.54, 1.807) is 26.2 Å². The van der Waals surface area contributed by atoms with Crippen LogP contribution in [0.25, 0.3) is 0 Å². The SMILES string of the molecule is COc1cc(CCCN2CC3CCCC(C2=O)N3C(=O)OC(C)(C)C)cc(OC)c1OC. The zero-order valence-corrected chi connectivity index (χ0v) is 20.1. The summed E-state index contributed by atoms with van der Waals surface area (Å²) in [7, 11) is 4.78. The summed E-state index contributed by atoms with van der Waals surface area (Å²) in [6, 6.07) is 3.48. The maximum atomic E-state index is 13.2. The Labute approximate surface area is 190 Å². The number of fused-ring (bicyclic) bond motifs is 2. The number of methoxy groups -OCH3 is 3. The van der Waals surface area contributed by atoms with E-state index >= 15 is 0 Å². The first-order valence-electron chi connectivity index (χ1n) is 11.3. The molecule has 2 aliphatic heterocycles. The van der Waals surface area contributed by atoms with Gasteiger partial charge in [0.15, 0.2) is 11.5 Å². The van der Waals surface area contributed by atoms with E-state index in [9.17, 15) is 9.59 Å². The maximum absolute atomic E-state index is 13.2. The highest BCUT2D eigenvalue weighted by Gasteiger charge is 2.46. The molecule has 0 aliphatic carbocycles. The molecule has 8 nitrogen and oxygen atoms in total. The fourth-order valence-electron chi connectivity index (χ4n) is 4.60. The molecule has 0 radical (unpaired) electrons. The van der Waals surface area contributed by atoms with Crippen molar-refractivity contribution in [2.24, 2.45) is 0 Å². The van der Waals surface area contributed by atoms with Crippen LogP contribution in [0.3, 0.4) is 0 Å². The fourth-order valence-corrected chi connectivity index (χ4v) is 4.60. The lowest BCUT2D eigenvalue weighted by molar-refractivity contribution is -0.147. The lowest BCUT2D eigenvalue weighted by Gasteiger charge is -2.49. The number of piperazine rings is 1. The van der Waals surface area contributed by atoms with Crippen molar-refractivity contribution in [3.05, 3.63) is 17.7 Å². The van der Waals surface area contributed by atoms with Crippen LogP contribution in [0, 0.1) is 0 Å². The van der Waals surface area contributed by atoms with Crippen LogP contribution in [0.4, 0.5) is 4.79 Å². The second kappa shape index (κ2) is 9.88. The average molecular weight is 449 g/mol. The normalized spacial score (nSPS) is 20.8. The molecule has 0 N–H and O–H groups in total. The van der Waals surface area contributed by atoms with Gasteiger partial charge in [-0.2, -0.15) is 0 Å². The average Bonchev–Trinajstić information content (AvgIpc) is 2.74. The lowest BCUT2D eigenvalue weighted by Crippen LogP contribution is -2.65. The predicted octanol–water partition coefficient (Wildman–Crippen LogP) is 3.65. The molecule has 2 aliphatic rings. The molecule has 2 amide bonds. The van der Waals surface area contributed by atoms with Gasteiger partial charge in [-0.25, -0.2) is 4.79 Å². The van der Waals surface area contributed by atoms with Crippen LogP contribution in [0.1, 0.15) is 52.0 Å². The number of ether oxygens (including phenoxy) is 4. The predicted molar refractivity (Wildman–Crippen MR) is 120 cm³/mol. The van der Waals surface area contributed by atoms with Crippen molar-refractivity contribution in [2.75, 3.05) is 34.4 Å². The van der Waals surface area contributed by atoms with Crippen molar-refractivity contribution in [1.82, 2.24) is 9.80 Å². The molecule has 0 aromatic heterocycles. The van der Waals surface area contributed by atoms with Gasteiger partial charge in [-0.15, -0.1) is 0 Å². The summed E-state index contributed by atoms with van der Waals surface area (Å²) in [5.74, 6) is 1.84. The van der Waals surface area contributed by atoms with Gasteiger partial charge in [-0.3, -0.25) is 9.69 Å². The highest BCUT2D eigenvalue weighted by Crippen LogP contribution is 2.38. The van der Waals surface area contributed by atoms with Gasteiger partial charge in [0.2, 0.25) is 11.7 Å². The molecule has 0 spiro atoms. The van der Waals surface area contributed by atoms with Crippen LogP contribution in [0.2, 0.25) is 0 Å². The van der Waals surface area contributed by atoms with Gasteiger partial charge in [0.1, 0.15) is 11.6 Å². The van der Waals surface area contributed by atoms with Gasteiger partial charge in [0.05, 0.1) is 27.4 Å². The molecule has 1 aromatic carbocycles. The largest absolute Gasteiger partial charge is 0.493 e. The highest BCUT2D eigenvalue weighted by molar-refractivity contribution is 5.87. The molecule has 178 valence electrons. The number of piperidine rings is 1. The second-order valence-corrected chi connectivity index (χ2v) is 9.41. The first kappa shape index (κ1) is 24.0. The van der Waals surface area contributed by atoms with Gasteiger partial charge in [0.25, 0.3) is 0 Å². The zero-order chi connectivity index (χ0) is 23.5. The number of amides is 2. The lowest BCUT2D eigenvalue weighted by atomic mass is 9.91. The van der Waals surface area contributed by atoms with E-state index in [1.165, 1.54) is 0 Å². The smallest absolute Gasteiger partial charge is 0.411 e. The van der Waals surface area contributed by atoms with Gasteiger partial charge < -0.3 is 23.8 Å². The minimum Gasteiger partial charge on any atom is -0.493 e. The van der Waals surface area contributed by atoms with Crippen molar-refractivity contribution < 1.29 is 28.5 Å². The summed E-state index contributed by atoms with van der Waals surface area (Å²) in [6.07, 6.45) is 3.74. The number of nitrogens with zero attached hydrogens (tertiary/aromatic N) is 2. The van der Waals surface area contributed by atoms with Crippen LogP contribution < -0.4 is 14.2 Å². The topological polar surface area (TPSA) is 77.5 Å². The van der Waals surface area contributed by atoms with Crippen LogP contribution in [0.5, 0.6) is 17.2 Å². The fraction of sp³-hybridized carbons (Fsp3) is 0.667. The number of carbonyl (C=O) groups excluding carboxylic acids is 2. The van der Waals surface area contributed by atoms with Gasteiger partial charge in [-0.05, 0) is 70.6 Å². The van der Waals surface area contributed by atoms with E-state index in [4.69, 9.17) is 18.9 Å². The summed E-state index contributed by atoms with van der Waals surface area (Å²) in [6.45, 7) is 6.75.